The zero-order valence-electron chi connectivity index (χ0n) is 50.5. The zero-order chi connectivity index (χ0) is 54.3. The van der Waals surface area contributed by atoms with Gasteiger partial charge in [-0.05, 0) is 83.5 Å². The first-order valence-corrected chi connectivity index (χ1v) is 33.8. The summed E-state index contributed by atoms with van der Waals surface area (Å²) in [6.45, 7) is 4.92. The van der Waals surface area contributed by atoms with Crippen molar-refractivity contribution >= 4 is 11.9 Å². The quantitative estimate of drug-likeness (QED) is 0.0320. The summed E-state index contributed by atoms with van der Waals surface area (Å²) in [5.41, 5.74) is 0. The molecule has 3 N–H and O–H groups in total. The van der Waals surface area contributed by atoms with E-state index in [1.54, 1.807) is 6.08 Å². The van der Waals surface area contributed by atoms with E-state index in [2.05, 4.69) is 43.5 Å². The Morgan fingerprint density at radius 2 is 0.627 bits per heavy atom. The van der Waals surface area contributed by atoms with Gasteiger partial charge >= 0.3 is 5.97 Å². The van der Waals surface area contributed by atoms with Crippen LogP contribution in [-0.4, -0.2) is 47.4 Å². The number of carbonyl (C=O) groups is 2. The maximum absolute atomic E-state index is 12.5. The minimum absolute atomic E-state index is 0.00758. The van der Waals surface area contributed by atoms with Gasteiger partial charge in [-0.15, -0.1) is 0 Å². The number of hydrogen-bond acceptors (Lipinski definition) is 5. The predicted molar refractivity (Wildman–Crippen MR) is 329 cm³/mol. The Kier molecular flexibility index (Phi) is 63.0. The molecule has 0 aliphatic carbocycles. The number of esters is 1. The second-order valence-corrected chi connectivity index (χ2v) is 23.1. The second kappa shape index (κ2) is 64.6. The predicted octanol–water partition coefficient (Wildman–Crippen LogP) is 21.5. The van der Waals surface area contributed by atoms with Gasteiger partial charge in [-0.25, -0.2) is 0 Å². The molecule has 2 atom stereocenters. The summed E-state index contributed by atoms with van der Waals surface area (Å²) < 4.78 is 5.50. The van der Waals surface area contributed by atoms with Crippen molar-refractivity contribution in [2.75, 3.05) is 13.2 Å². The first kappa shape index (κ1) is 73.1. The first-order chi connectivity index (χ1) is 37.0. The zero-order valence-corrected chi connectivity index (χ0v) is 50.5. The second-order valence-electron chi connectivity index (χ2n) is 23.1. The maximum Gasteiger partial charge on any atom is 0.305 e. The molecule has 0 aromatic rings. The molecule has 6 heteroatoms. The normalized spacial score (nSPS) is 12.7. The van der Waals surface area contributed by atoms with E-state index in [-0.39, 0.29) is 18.5 Å². The van der Waals surface area contributed by atoms with Crippen LogP contribution in [0.3, 0.4) is 0 Å². The Morgan fingerprint density at radius 3 is 0.947 bits per heavy atom. The van der Waals surface area contributed by atoms with E-state index in [1.165, 1.54) is 289 Å². The lowest BCUT2D eigenvalue weighted by Gasteiger charge is -2.20. The minimum Gasteiger partial charge on any atom is -0.466 e. The van der Waals surface area contributed by atoms with E-state index in [0.29, 0.717) is 19.4 Å². The van der Waals surface area contributed by atoms with Gasteiger partial charge in [0.25, 0.3) is 0 Å². The summed E-state index contributed by atoms with van der Waals surface area (Å²) in [7, 11) is 0. The fourth-order valence-electron chi connectivity index (χ4n) is 10.4. The van der Waals surface area contributed by atoms with Crippen LogP contribution in [0.1, 0.15) is 367 Å². The number of aliphatic hydroxyl groups is 2. The Morgan fingerprint density at radius 1 is 0.360 bits per heavy atom. The smallest absolute Gasteiger partial charge is 0.305 e. The number of aliphatic hydroxyl groups excluding tert-OH is 2. The fraction of sp³-hybridized carbons (Fsp3) is 0.884. The van der Waals surface area contributed by atoms with Crippen LogP contribution < -0.4 is 5.32 Å². The van der Waals surface area contributed by atoms with Crippen LogP contribution in [-0.2, 0) is 14.3 Å². The highest BCUT2D eigenvalue weighted by molar-refractivity contribution is 5.76. The van der Waals surface area contributed by atoms with Crippen molar-refractivity contribution in [3.05, 3.63) is 36.5 Å². The van der Waals surface area contributed by atoms with Crippen molar-refractivity contribution in [2.45, 2.75) is 379 Å². The van der Waals surface area contributed by atoms with Gasteiger partial charge in [-0.1, -0.05) is 307 Å². The minimum atomic E-state index is -0.850. The molecule has 1 amide bonds. The topological polar surface area (TPSA) is 95.9 Å². The highest BCUT2D eigenvalue weighted by atomic mass is 16.5. The van der Waals surface area contributed by atoms with E-state index in [9.17, 15) is 19.8 Å². The van der Waals surface area contributed by atoms with E-state index in [1.807, 2.05) is 6.08 Å². The van der Waals surface area contributed by atoms with Gasteiger partial charge in [-0.3, -0.25) is 9.59 Å². The molecule has 6 nitrogen and oxygen atoms in total. The highest BCUT2D eigenvalue weighted by Gasteiger charge is 2.18. The van der Waals surface area contributed by atoms with E-state index >= 15 is 0 Å². The summed E-state index contributed by atoms with van der Waals surface area (Å²) in [5, 5.41) is 23.2. The van der Waals surface area contributed by atoms with Crippen LogP contribution >= 0.6 is 0 Å². The Bertz CT molecular complexity index is 1210. The highest BCUT2D eigenvalue weighted by Crippen LogP contribution is 2.18. The van der Waals surface area contributed by atoms with Crippen LogP contribution in [0.2, 0.25) is 0 Å². The SMILES string of the molecule is CCCCCCCC/C=C\CCCCCCCCCCCC(=O)OCCCCCCCCCCCC/C=C\CCCCCCCCCC(=O)NC(CO)C(O)/C=C/CCCCCCCCCCCCCCCCCC. The monoisotopic (exact) mass is 1050 g/mol. The van der Waals surface area contributed by atoms with Crippen molar-refractivity contribution < 1.29 is 24.5 Å². The molecule has 2 unspecified atom stereocenters. The van der Waals surface area contributed by atoms with Crippen molar-refractivity contribution in [3.63, 3.8) is 0 Å². The van der Waals surface area contributed by atoms with E-state index in [0.717, 1.165) is 51.4 Å². The van der Waals surface area contributed by atoms with Crippen LogP contribution in [0.5, 0.6) is 0 Å². The molecule has 442 valence electrons. The number of unbranched alkanes of at least 4 members (excludes halogenated alkanes) is 48. The molecule has 0 fully saturated rings. The number of amides is 1. The van der Waals surface area contributed by atoms with Gasteiger partial charge in [0.15, 0.2) is 0 Å². The maximum atomic E-state index is 12.5. The van der Waals surface area contributed by atoms with Gasteiger partial charge in [-0.2, -0.15) is 0 Å². The first-order valence-electron chi connectivity index (χ1n) is 33.8. The van der Waals surface area contributed by atoms with Crippen LogP contribution in [0.4, 0.5) is 0 Å². The molecular weight excluding hydrogens is 923 g/mol. The molecule has 0 spiro atoms. The van der Waals surface area contributed by atoms with E-state index < -0.39 is 12.1 Å². The number of carbonyl (C=O) groups excluding carboxylic acids is 2. The average Bonchev–Trinajstić information content (AvgIpc) is 3.41. The van der Waals surface area contributed by atoms with Gasteiger partial charge in [0, 0.05) is 12.8 Å². The fourth-order valence-corrected chi connectivity index (χ4v) is 10.4. The van der Waals surface area contributed by atoms with Crippen LogP contribution in [0, 0.1) is 0 Å². The summed E-state index contributed by atoms with van der Waals surface area (Å²) >= 11 is 0. The number of hydrogen-bond donors (Lipinski definition) is 3. The molecule has 0 radical (unpaired) electrons. The molecule has 0 aromatic carbocycles. The third kappa shape index (κ3) is 61.2. The van der Waals surface area contributed by atoms with Crippen molar-refractivity contribution in [1.29, 1.82) is 0 Å². The summed E-state index contributed by atoms with van der Waals surface area (Å²) in [6, 6.07) is -0.634. The Balaban J connectivity index is 3.43. The van der Waals surface area contributed by atoms with Crippen molar-refractivity contribution in [3.8, 4) is 0 Å². The van der Waals surface area contributed by atoms with Crippen molar-refractivity contribution in [1.82, 2.24) is 5.32 Å². The van der Waals surface area contributed by atoms with E-state index in [4.69, 9.17) is 4.74 Å². The Hall–Kier alpha value is -1.92. The van der Waals surface area contributed by atoms with Crippen LogP contribution in [0.25, 0.3) is 0 Å². The summed E-state index contributed by atoms with van der Waals surface area (Å²) in [4.78, 5) is 24.6. The van der Waals surface area contributed by atoms with Gasteiger partial charge in [0.05, 0.1) is 25.4 Å². The number of rotatable bonds is 63. The van der Waals surface area contributed by atoms with Gasteiger partial charge in [0.2, 0.25) is 5.91 Å². The number of ether oxygens (including phenoxy) is 1. The lowest BCUT2D eigenvalue weighted by Crippen LogP contribution is -2.45. The average molecular weight is 1050 g/mol. The van der Waals surface area contributed by atoms with Gasteiger partial charge in [0.1, 0.15) is 0 Å². The molecule has 0 aromatic heterocycles. The largest absolute Gasteiger partial charge is 0.466 e. The summed E-state index contributed by atoms with van der Waals surface area (Å²) in [5.74, 6) is -0.0658. The molecule has 0 saturated carbocycles. The standard InChI is InChI=1S/C69H131NO5/c1-3-5-7-9-11-13-15-17-19-21-26-31-35-39-43-47-51-55-59-63-69(74)75-64-60-56-52-48-44-40-36-32-28-25-23-24-27-30-34-38-42-46-50-54-58-62-68(73)70-66(65-71)67(72)61-57-53-49-45-41-37-33-29-22-20-18-16-14-12-10-8-6-4-2/h17,19,24,27,57,61,66-67,71-72H,3-16,18,20-23,25-26,28-56,58-60,62-65H2,1-2H3,(H,70,73)/b19-17-,27-24-,61-57+. The van der Waals surface area contributed by atoms with Crippen LogP contribution in [0.15, 0.2) is 36.5 Å². The molecule has 0 heterocycles. The molecule has 0 rings (SSSR count). The molecular formula is C69H131NO5. The third-order valence-electron chi connectivity index (χ3n) is 15.6. The number of nitrogens with one attached hydrogen (secondary N) is 1. The molecule has 75 heavy (non-hydrogen) atoms. The molecule has 0 bridgehead atoms. The Labute approximate surface area is 468 Å². The molecule has 0 aliphatic rings. The molecule has 0 saturated heterocycles. The molecule has 0 aliphatic heterocycles. The van der Waals surface area contributed by atoms with Gasteiger partial charge < -0.3 is 20.3 Å². The van der Waals surface area contributed by atoms with Crippen molar-refractivity contribution in [2.24, 2.45) is 0 Å². The summed E-state index contributed by atoms with van der Waals surface area (Å²) in [6.07, 6.45) is 82.0. The lowest BCUT2D eigenvalue weighted by molar-refractivity contribution is -0.143. The lowest BCUT2D eigenvalue weighted by atomic mass is 10.0. The third-order valence-corrected chi connectivity index (χ3v) is 15.6. The number of allylic oxidation sites excluding steroid dienone is 5.